The highest BCUT2D eigenvalue weighted by Crippen LogP contribution is 2.25. The number of pyridine rings is 1. The third-order valence-corrected chi connectivity index (χ3v) is 3.13. The van der Waals surface area contributed by atoms with E-state index in [1.807, 2.05) is 0 Å². The summed E-state index contributed by atoms with van der Waals surface area (Å²) in [7, 11) is -3.38. The molecule has 0 fully saturated rings. The van der Waals surface area contributed by atoms with Gasteiger partial charge in [-0.3, -0.25) is 9.71 Å². The van der Waals surface area contributed by atoms with Crippen molar-refractivity contribution in [1.29, 1.82) is 0 Å². The molecule has 0 aliphatic rings. The van der Waals surface area contributed by atoms with Gasteiger partial charge < -0.3 is 5.11 Å². The Bertz CT molecular complexity index is 756. The largest absolute Gasteiger partial charge is 0.478 e. The van der Waals surface area contributed by atoms with Gasteiger partial charge in [0.2, 0.25) is 10.0 Å². The van der Waals surface area contributed by atoms with Crippen molar-refractivity contribution < 1.29 is 18.3 Å². The Hall–Kier alpha value is -2.41. The number of hydrogen-bond acceptors (Lipinski definition) is 4. The number of hydrogen-bond donors (Lipinski definition) is 2. The first-order valence-electron chi connectivity index (χ1n) is 5.62. The lowest BCUT2D eigenvalue weighted by atomic mass is 10.0. The van der Waals surface area contributed by atoms with Crippen molar-refractivity contribution >= 4 is 21.7 Å². The lowest BCUT2D eigenvalue weighted by Gasteiger charge is -2.08. The predicted octanol–water partition coefficient (Wildman–Crippen LogP) is 1.82. The minimum Gasteiger partial charge on any atom is -0.478 e. The van der Waals surface area contributed by atoms with Gasteiger partial charge >= 0.3 is 5.97 Å². The molecule has 0 atom stereocenters. The summed E-state index contributed by atoms with van der Waals surface area (Å²) in [6.45, 7) is 0. The van der Waals surface area contributed by atoms with Gasteiger partial charge in [-0.2, -0.15) is 0 Å². The molecule has 0 saturated carbocycles. The fourth-order valence-electron chi connectivity index (χ4n) is 1.78. The maximum Gasteiger partial charge on any atom is 0.337 e. The first-order valence-corrected chi connectivity index (χ1v) is 7.51. The van der Waals surface area contributed by atoms with Gasteiger partial charge in [0.05, 0.1) is 11.8 Å². The van der Waals surface area contributed by atoms with Gasteiger partial charge in [-0.05, 0) is 29.3 Å². The van der Waals surface area contributed by atoms with Gasteiger partial charge in [0.1, 0.15) is 0 Å². The van der Waals surface area contributed by atoms with Crippen molar-refractivity contribution in [1.82, 2.24) is 4.98 Å². The van der Waals surface area contributed by atoms with Crippen LogP contribution < -0.4 is 4.72 Å². The van der Waals surface area contributed by atoms with Crippen LogP contribution in [0.1, 0.15) is 10.4 Å². The van der Waals surface area contributed by atoms with Crippen molar-refractivity contribution in [2.75, 3.05) is 11.0 Å². The van der Waals surface area contributed by atoms with Crippen LogP contribution in [-0.2, 0) is 10.0 Å². The third-order valence-electron chi connectivity index (χ3n) is 2.53. The second kappa shape index (κ2) is 5.30. The molecule has 0 spiro atoms. The van der Waals surface area contributed by atoms with Crippen molar-refractivity contribution in [3.05, 3.63) is 48.3 Å². The zero-order valence-corrected chi connectivity index (χ0v) is 11.4. The van der Waals surface area contributed by atoms with Crippen LogP contribution >= 0.6 is 0 Å². The predicted molar refractivity (Wildman–Crippen MR) is 75.1 cm³/mol. The number of carboxylic acid groups (broad SMARTS) is 1. The van der Waals surface area contributed by atoms with E-state index in [2.05, 4.69) is 9.71 Å². The Kier molecular flexibility index (Phi) is 3.71. The van der Waals surface area contributed by atoms with Crippen LogP contribution in [0.5, 0.6) is 0 Å². The zero-order valence-electron chi connectivity index (χ0n) is 10.6. The number of nitrogens with zero attached hydrogens (tertiary/aromatic N) is 1. The van der Waals surface area contributed by atoms with E-state index in [4.69, 9.17) is 5.11 Å². The molecule has 0 saturated heterocycles. The van der Waals surface area contributed by atoms with Gasteiger partial charge in [0.15, 0.2) is 0 Å². The molecular formula is C13H12N2O4S. The smallest absolute Gasteiger partial charge is 0.337 e. The number of aromatic carboxylic acids is 1. The molecule has 2 N–H and O–H groups in total. The molecule has 2 aromatic rings. The number of carboxylic acids is 1. The van der Waals surface area contributed by atoms with E-state index in [0.29, 0.717) is 16.8 Å². The molecule has 0 bridgehead atoms. The van der Waals surface area contributed by atoms with E-state index in [-0.39, 0.29) is 5.56 Å². The van der Waals surface area contributed by atoms with Gasteiger partial charge in [-0.1, -0.05) is 12.1 Å². The average Bonchev–Trinajstić information content (AvgIpc) is 2.37. The number of carbonyl (C=O) groups is 1. The molecule has 0 amide bonds. The molecule has 0 unspecified atom stereocenters. The first kappa shape index (κ1) is 14.0. The maximum atomic E-state index is 11.2. The molecule has 0 aliphatic heterocycles. The topological polar surface area (TPSA) is 96.4 Å². The van der Waals surface area contributed by atoms with E-state index in [9.17, 15) is 13.2 Å². The highest BCUT2D eigenvalue weighted by atomic mass is 32.2. The SMILES string of the molecule is CS(=O)(=O)Nc1cccc(-c2ccncc2C(=O)O)c1. The molecule has 6 nitrogen and oxygen atoms in total. The quantitative estimate of drug-likeness (QED) is 0.896. The lowest BCUT2D eigenvalue weighted by Crippen LogP contribution is -2.09. The number of rotatable bonds is 4. The van der Waals surface area contributed by atoms with Crippen LogP contribution in [0.2, 0.25) is 0 Å². The summed E-state index contributed by atoms with van der Waals surface area (Å²) in [6, 6.07) is 8.09. The fraction of sp³-hybridized carbons (Fsp3) is 0.0769. The second-order valence-electron chi connectivity index (χ2n) is 4.18. The van der Waals surface area contributed by atoms with Gasteiger partial charge in [-0.25, -0.2) is 13.2 Å². The van der Waals surface area contributed by atoms with E-state index >= 15 is 0 Å². The Morgan fingerprint density at radius 3 is 2.70 bits per heavy atom. The molecule has 2 rings (SSSR count). The van der Waals surface area contributed by atoms with E-state index in [1.54, 1.807) is 30.3 Å². The van der Waals surface area contributed by atoms with E-state index in [0.717, 1.165) is 6.26 Å². The minimum atomic E-state index is -3.38. The normalized spacial score (nSPS) is 11.1. The lowest BCUT2D eigenvalue weighted by molar-refractivity contribution is 0.0697. The molecule has 104 valence electrons. The Balaban J connectivity index is 2.49. The summed E-state index contributed by atoms with van der Waals surface area (Å²) >= 11 is 0. The maximum absolute atomic E-state index is 11.2. The molecule has 1 heterocycles. The van der Waals surface area contributed by atoms with Crippen molar-refractivity contribution in [2.24, 2.45) is 0 Å². The fourth-order valence-corrected chi connectivity index (χ4v) is 2.34. The Morgan fingerprint density at radius 2 is 2.05 bits per heavy atom. The number of nitrogens with one attached hydrogen (secondary N) is 1. The molecular weight excluding hydrogens is 280 g/mol. The third kappa shape index (κ3) is 3.33. The molecule has 1 aromatic heterocycles. The molecule has 0 radical (unpaired) electrons. The summed E-state index contributed by atoms with van der Waals surface area (Å²) in [6.07, 6.45) is 3.79. The Labute approximate surface area is 116 Å². The van der Waals surface area contributed by atoms with E-state index < -0.39 is 16.0 Å². The molecule has 7 heteroatoms. The van der Waals surface area contributed by atoms with Crippen molar-refractivity contribution in [3.63, 3.8) is 0 Å². The van der Waals surface area contributed by atoms with Crippen LogP contribution in [-0.4, -0.2) is 30.7 Å². The summed E-state index contributed by atoms with van der Waals surface area (Å²) < 4.78 is 24.8. The summed E-state index contributed by atoms with van der Waals surface area (Å²) in [4.78, 5) is 14.9. The van der Waals surface area contributed by atoms with Crippen LogP contribution in [0.25, 0.3) is 11.1 Å². The molecule has 20 heavy (non-hydrogen) atoms. The van der Waals surface area contributed by atoms with Crippen LogP contribution in [0.15, 0.2) is 42.7 Å². The van der Waals surface area contributed by atoms with Crippen LogP contribution in [0.4, 0.5) is 5.69 Å². The number of sulfonamides is 1. The second-order valence-corrected chi connectivity index (χ2v) is 5.93. The highest BCUT2D eigenvalue weighted by Gasteiger charge is 2.12. The number of anilines is 1. The van der Waals surface area contributed by atoms with Gasteiger partial charge in [-0.15, -0.1) is 0 Å². The molecule has 1 aromatic carbocycles. The summed E-state index contributed by atoms with van der Waals surface area (Å²) in [5.41, 5.74) is 1.50. The standard InChI is InChI=1S/C13H12N2O4S/c1-20(18,19)15-10-4-2-3-9(7-10)11-5-6-14-8-12(11)13(16)17/h2-8,15H,1H3,(H,16,17). The first-order chi connectivity index (χ1) is 9.37. The van der Waals surface area contributed by atoms with Crippen molar-refractivity contribution in [3.8, 4) is 11.1 Å². The monoisotopic (exact) mass is 292 g/mol. The van der Waals surface area contributed by atoms with Crippen molar-refractivity contribution in [2.45, 2.75) is 0 Å². The molecule has 0 aliphatic carbocycles. The Morgan fingerprint density at radius 1 is 1.30 bits per heavy atom. The number of benzene rings is 1. The van der Waals surface area contributed by atoms with Crippen LogP contribution in [0.3, 0.4) is 0 Å². The summed E-state index contributed by atoms with van der Waals surface area (Å²) in [5.74, 6) is -1.09. The highest BCUT2D eigenvalue weighted by molar-refractivity contribution is 7.92. The van der Waals surface area contributed by atoms with E-state index in [1.165, 1.54) is 12.4 Å². The minimum absolute atomic E-state index is 0.0593. The summed E-state index contributed by atoms with van der Waals surface area (Å²) in [5, 5.41) is 9.13. The average molecular weight is 292 g/mol. The van der Waals surface area contributed by atoms with Gasteiger partial charge in [0, 0.05) is 18.1 Å². The number of aromatic nitrogens is 1. The van der Waals surface area contributed by atoms with Crippen LogP contribution in [0, 0.1) is 0 Å². The zero-order chi connectivity index (χ0) is 14.8. The van der Waals surface area contributed by atoms with Gasteiger partial charge in [0.25, 0.3) is 0 Å².